The Labute approximate surface area is 151 Å². The molecule has 0 saturated heterocycles. The molecule has 130 valence electrons. The molecule has 1 amide bonds. The molecular weight excluding hydrogens is 328 g/mol. The van der Waals surface area contributed by atoms with Gasteiger partial charge in [-0.2, -0.15) is 5.26 Å². The SMILES string of the molecule is CCC(C(=O)O)C1(C#N)c2ccccc2C=CN1C(=O)c1ccccc1. The van der Waals surface area contributed by atoms with Crippen molar-refractivity contribution in [3.05, 3.63) is 77.5 Å². The van der Waals surface area contributed by atoms with E-state index in [4.69, 9.17) is 0 Å². The first-order chi connectivity index (χ1) is 12.6. The summed E-state index contributed by atoms with van der Waals surface area (Å²) in [4.78, 5) is 26.4. The average molecular weight is 346 g/mol. The van der Waals surface area contributed by atoms with E-state index >= 15 is 0 Å². The summed E-state index contributed by atoms with van der Waals surface area (Å²) in [6, 6.07) is 17.9. The van der Waals surface area contributed by atoms with Crippen LogP contribution in [0.15, 0.2) is 60.8 Å². The predicted octanol–water partition coefficient (Wildman–Crippen LogP) is 3.64. The van der Waals surface area contributed by atoms with E-state index in [2.05, 4.69) is 6.07 Å². The summed E-state index contributed by atoms with van der Waals surface area (Å²) in [7, 11) is 0. The third kappa shape index (κ3) is 2.56. The first-order valence-electron chi connectivity index (χ1n) is 8.36. The fourth-order valence-electron chi connectivity index (χ4n) is 3.54. The molecule has 0 bridgehead atoms. The minimum Gasteiger partial charge on any atom is -0.481 e. The second-order valence-electron chi connectivity index (χ2n) is 6.12. The summed E-state index contributed by atoms with van der Waals surface area (Å²) in [5.74, 6) is -2.58. The molecule has 0 aliphatic carbocycles. The lowest BCUT2D eigenvalue weighted by atomic mass is 9.73. The number of aliphatic carboxylic acids is 1. The minimum atomic E-state index is -1.61. The lowest BCUT2D eigenvalue weighted by molar-refractivity contribution is -0.145. The maximum Gasteiger partial charge on any atom is 0.310 e. The van der Waals surface area contributed by atoms with Crippen molar-refractivity contribution >= 4 is 18.0 Å². The highest BCUT2D eigenvalue weighted by molar-refractivity contribution is 5.97. The summed E-state index contributed by atoms with van der Waals surface area (Å²) >= 11 is 0. The van der Waals surface area contributed by atoms with Crippen LogP contribution in [0.4, 0.5) is 0 Å². The van der Waals surface area contributed by atoms with E-state index in [1.54, 1.807) is 55.5 Å². The highest BCUT2D eigenvalue weighted by Gasteiger charge is 2.52. The van der Waals surface area contributed by atoms with Crippen LogP contribution in [0.1, 0.15) is 34.8 Å². The number of hydrogen-bond acceptors (Lipinski definition) is 3. The van der Waals surface area contributed by atoms with Crippen LogP contribution in [-0.2, 0) is 10.3 Å². The molecular formula is C21H18N2O3. The molecule has 0 saturated carbocycles. The Morgan fingerprint density at radius 3 is 2.42 bits per heavy atom. The molecule has 2 unspecified atom stereocenters. The van der Waals surface area contributed by atoms with Crippen molar-refractivity contribution in [2.45, 2.75) is 18.9 Å². The van der Waals surface area contributed by atoms with Gasteiger partial charge in [0.25, 0.3) is 5.91 Å². The van der Waals surface area contributed by atoms with Gasteiger partial charge in [-0.15, -0.1) is 0 Å². The van der Waals surface area contributed by atoms with E-state index in [1.165, 1.54) is 11.1 Å². The van der Waals surface area contributed by atoms with Gasteiger partial charge in [0.2, 0.25) is 0 Å². The molecule has 2 atom stereocenters. The smallest absolute Gasteiger partial charge is 0.310 e. The number of nitrogens with zero attached hydrogens (tertiary/aromatic N) is 2. The van der Waals surface area contributed by atoms with E-state index in [0.717, 1.165) is 5.56 Å². The number of carboxylic acids is 1. The van der Waals surface area contributed by atoms with Gasteiger partial charge in [0, 0.05) is 17.3 Å². The molecule has 3 rings (SSSR count). The molecule has 1 aliphatic rings. The Morgan fingerprint density at radius 1 is 1.15 bits per heavy atom. The number of carbonyl (C=O) groups is 2. The predicted molar refractivity (Wildman–Crippen MR) is 96.8 cm³/mol. The van der Waals surface area contributed by atoms with Crippen LogP contribution in [0.2, 0.25) is 0 Å². The lowest BCUT2D eigenvalue weighted by Crippen LogP contribution is -2.54. The molecule has 0 spiro atoms. The van der Waals surface area contributed by atoms with Gasteiger partial charge in [0.1, 0.15) is 0 Å². The first kappa shape index (κ1) is 17.4. The van der Waals surface area contributed by atoms with Crippen LogP contribution < -0.4 is 0 Å². The van der Waals surface area contributed by atoms with Crippen LogP contribution in [0.25, 0.3) is 6.08 Å². The van der Waals surface area contributed by atoms with Crippen LogP contribution in [0, 0.1) is 17.2 Å². The Bertz CT molecular complexity index is 914. The standard InChI is InChI=1S/C21H18N2O3/c1-2-17(20(25)26)21(14-22)18-11-7-6-8-15(18)12-13-23(21)19(24)16-9-4-3-5-10-16/h3-13,17H,2H2,1H3,(H,25,26). The fraction of sp³-hybridized carbons (Fsp3) is 0.190. The average Bonchev–Trinajstić information content (AvgIpc) is 2.68. The molecule has 0 fully saturated rings. The molecule has 0 aromatic heterocycles. The zero-order chi connectivity index (χ0) is 18.7. The van der Waals surface area contributed by atoms with Crippen molar-refractivity contribution in [3.8, 4) is 6.07 Å². The van der Waals surface area contributed by atoms with Crippen molar-refractivity contribution in [3.63, 3.8) is 0 Å². The monoisotopic (exact) mass is 346 g/mol. The maximum absolute atomic E-state index is 13.2. The fourth-order valence-corrected chi connectivity index (χ4v) is 3.54. The first-order valence-corrected chi connectivity index (χ1v) is 8.36. The topological polar surface area (TPSA) is 81.4 Å². The molecule has 1 heterocycles. The van der Waals surface area contributed by atoms with E-state index in [1.807, 2.05) is 12.1 Å². The zero-order valence-electron chi connectivity index (χ0n) is 14.3. The van der Waals surface area contributed by atoms with Gasteiger partial charge in [-0.1, -0.05) is 49.4 Å². The molecule has 2 aromatic carbocycles. The Morgan fingerprint density at radius 2 is 1.81 bits per heavy atom. The third-order valence-corrected chi connectivity index (χ3v) is 4.78. The van der Waals surface area contributed by atoms with Crippen molar-refractivity contribution in [1.29, 1.82) is 5.26 Å². The number of rotatable bonds is 4. The normalized spacial score (nSPS) is 19.3. The number of carboxylic acid groups (broad SMARTS) is 1. The molecule has 2 aromatic rings. The van der Waals surface area contributed by atoms with Gasteiger partial charge in [0.05, 0.1) is 12.0 Å². The molecule has 1 aliphatic heterocycles. The number of carbonyl (C=O) groups excluding carboxylic acids is 1. The zero-order valence-corrected chi connectivity index (χ0v) is 14.3. The van der Waals surface area contributed by atoms with Crippen molar-refractivity contribution in [2.24, 2.45) is 5.92 Å². The molecule has 0 radical (unpaired) electrons. The number of amides is 1. The van der Waals surface area contributed by atoms with E-state index in [9.17, 15) is 20.0 Å². The van der Waals surface area contributed by atoms with Gasteiger partial charge in [-0.3, -0.25) is 14.5 Å². The molecule has 26 heavy (non-hydrogen) atoms. The molecule has 1 N–H and O–H groups in total. The number of fused-ring (bicyclic) bond motifs is 1. The van der Waals surface area contributed by atoms with Gasteiger partial charge in [-0.25, -0.2) is 0 Å². The molecule has 5 nitrogen and oxygen atoms in total. The number of hydrogen-bond donors (Lipinski definition) is 1. The summed E-state index contributed by atoms with van der Waals surface area (Å²) in [6.45, 7) is 1.71. The van der Waals surface area contributed by atoms with Crippen molar-refractivity contribution in [2.75, 3.05) is 0 Å². The van der Waals surface area contributed by atoms with Crippen LogP contribution in [0.3, 0.4) is 0 Å². The van der Waals surface area contributed by atoms with Crippen molar-refractivity contribution < 1.29 is 14.7 Å². The summed E-state index contributed by atoms with van der Waals surface area (Å²) in [6.07, 6.45) is 3.47. The summed E-state index contributed by atoms with van der Waals surface area (Å²) in [5.41, 5.74) is 0.0598. The molecule has 5 heteroatoms. The highest BCUT2D eigenvalue weighted by Crippen LogP contribution is 2.43. The number of nitriles is 1. The van der Waals surface area contributed by atoms with Gasteiger partial charge < -0.3 is 5.11 Å². The quantitative estimate of drug-likeness (QED) is 0.916. The van der Waals surface area contributed by atoms with Crippen LogP contribution >= 0.6 is 0 Å². The number of benzene rings is 2. The largest absolute Gasteiger partial charge is 0.481 e. The van der Waals surface area contributed by atoms with E-state index < -0.39 is 23.3 Å². The lowest BCUT2D eigenvalue weighted by Gasteiger charge is -2.43. The minimum absolute atomic E-state index is 0.212. The highest BCUT2D eigenvalue weighted by atomic mass is 16.4. The van der Waals surface area contributed by atoms with Gasteiger partial charge in [0.15, 0.2) is 5.54 Å². The summed E-state index contributed by atoms with van der Waals surface area (Å²) in [5, 5.41) is 20.0. The maximum atomic E-state index is 13.2. The Kier molecular flexibility index (Phi) is 4.59. The van der Waals surface area contributed by atoms with E-state index in [-0.39, 0.29) is 6.42 Å². The van der Waals surface area contributed by atoms with E-state index in [0.29, 0.717) is 11.1 Å². The van der Waals surface area contributed by atoms with Crippen molar-refractivity contribution in [1.82, 2.24) is 4.90 Å². The van der Waals surface area contributed by atoms with Crippen LogP contribution in [0.5, 0.6) is 0 Å². The summed E-state index contributed by atoms with van der Waals surface area (Å²) < 4.78 is 0. The third-order valence-electron chi connectivity index (χ3n) is 4.78. The van der Waals surface area contributed by atoms with Crippen LogP contribution in [-0.4, -0.2) is 21.9 Å². The second-order valence-corrected chi connectivity index (χ2v) is 6.12. The van der Waals surface area contributed by atoms with Gasteiger partial charge >= 0.3 is 5.97 Å². The second kappa shape index (κ2) is 6.85. The van der Waals surface area contributed by atoms with Gasteiger partial charge in [-0.05, 0) is 30.2 Å². The Balaban J connectivity index is 2.25. The Hall–Kier alpha value is -3.39.